The number of rotatable bonds is 4. The molecule has 2 aromatic carbocycles. The molecule has 0 spiro atoms. The Kier molecular flexibility index (Phi) is 5.02. The van der Waals surface area contributed by atoms with E-state index in [2.05, 4.69) is 4.74 Å². The lowest BCUT2D eigenvalue weighted by Crippen LogP contribution is -2.25. The predicted octanol–water partition coefficient (Wildman–Crippen LogP) is 6.45. The SMILES string of the molecule is Cc1ccc(OC(F)(F)c2c(F)cc(C3CCCCC3)cc2F)cc1. The lowest BCUT2D eigenvalue weighted by molar-refractivity contribution is -0.189. The molecule has 1 fully saturated rings. The molecule has 0 atom stereocenters. The largest absolute Gasteiger partial charge is 0.432 e. The maximum Gasteiger partial charge on any atom is 0.432 e. The number of halogens is 4. The van der Waals surface area contributed by atoms with E-state index in [-0.39, 0.29) is 11.7 Å². The minimum Gasteiger partial charge on any atom is -0.429 e. The van der Waals surface area contributed by atoms with Crippen molar-refractivity contribution in [3.05, 3.63) is 64.7 Å². The van der Waals surface area contributed by atoms with Crippen LogP contribution < -0.4 is 4.74 Å². The van der Waals surface area contributed by atoms with Crippen molar-refractivity contribution in [2.45, 2.75) is 51.1 Å². The van der Waals surface area contributed by atoms with E-state index in [0.717, 1.165) is 49.8 Å². The molecule has 0 bridgehead atoms. The van der Waals surface area contributed by atoms with Crippen molar-refractivity contribution in [1.82, 2.24) is 0 Å². The van der Waals surface area contributed by atoms with Crippen molar-refractivity contribution in [2.75, 3.05) is 0 Å². The molecule has 1 nitrogen and oxygen atoms in total. The molecular weight excluding hydrogens is 332 g/mol. The Balaban J connectivity index is 1.88. The molecule has 0 amide bonds. The van der Waals surface area contributed by atoms with Crippen LogP contribution in [0.1, 0.15) is 54.7 Å². The van der Waals surface area contributed by atoms with Crippen LogP contribution in [-0.4, -0.2) is 0 Å². The van der Waals surface area contributed by atoms with Gasteiger partial charge in [-0.3, -0.25) is 0 Å². The molecule has 0 unspecified atom stereocenters. The molecule has 3 rings (SSSR count). The molecule has 0 aliphatic heterocycles. The van der Waals surface area contributed by atoms with E-state index in [4.69, 9.17) is 0 Å². The van der Waals surface area contributed by atoms with Crippen LogP contribution in [0.25, 0.3) is 0 Å². The van der Waals surface area contributed by atoms with Gasteiger partial charge in [-0.2, -0.15) is 8.78 Å². The molecule has 0 aromatic heterocycles. The van der Waals surface area contributed by atoms with Crippen LogP contribution in [0.15, 0.2) is 36.4 Å². The summed E-state index contributed by atoms with van der Waals surface area (Å²) in [6.07, 6.45) is 0.643. The zero-order valence-electron chi connectivity index (χ0n) is 14.0. The monoisotopic (exact) mass is 352 g/mol. The number of alkyl halides is 2. The molecule has 1 aliphatic rings. The van der Waals surface area contributed by atoms with E-state index < -0.39 is 23.3 Å². The van der Waals surface area contributed by atoms with Crippen molar-refractivity contribution in [2.24, 2.45) is 0 Å². The summed E-state index contributed by atoms with van der Waals surface area (Å²) < 4.78 is 61.9. The topological polar surface area (TPSA) is 9.23 Å². The van der Waals surface area contributed by atoms with E-state index in [1.165, 1.54) is 12.1 Å². The van der Waals surface area contributed by atoms with Gasteiger partial charge in [-0.25, -0.2) is 8.78 Å². The van der Waals surface area contributed by atoms with Crippen LogP contribution in [0.2, 0.25) is 0 Å². The van der Waals surface area contributed by atoms with Gasteiger partial charge in [-0.05, 0) is 55.5 Å². The molecule has 1 saturated carbocycles. The predicted molar refractivity (Wildman–Crippen MR) is 87.9 cm³/mol. The smallest absolute Gasteiger partial charge is 0.429 e. The molecule has 5 heteroatoms. The van der Waals surface area contributed by atoms with Crippen LogP contribution in [0.5, 0.6) is 5.75 Å². The van der Waals surface area contributed by atoms with Crippen molar-refractivity contribution in [1.29, 1.82) is 0 Å². The van der Waals surface area contributed by atoms with E-state index >= 15 is 0 Å². The fourth-order valence-corrected chi connectivity index (χ4v) is 3.35. The first kappa shape index (κ1) is 17.8. The van der Waals surface area contributed by atoms with Gasteiger partial charge in [0.15, 0.2) is 0 Å². The highest BCUT2D eigenvalue weighted by Gasteiger charge is 2.41. The third-order valence-electron chi connectivity index (χ3n) is 4.70. The van der Waals surface area contributed by atoms with Gasteiger partial charge in [-0.15, -0.1) is 0 Å². The van der Waals surface area contributed by atoms with Crippen LogP contribution in [-0.2, 0) is 6.11 Å². The van der Waals surface area contributed by atoms with Gasteiger partial charge in [0.2, 0.25) is 0 Å². The average Bonchev–Trinajstić information content (AvgIpc) is 2.56. The number of hydrogen-bond donors (Lipinski definition) is 0. The number of hydrogen-bond acceptors (Lipinski definition) is 1. The van der Waals surface area contributed by atoms with Gasteiger partial charge in [0.1, 0.15) is 22.9 Å². The van der Waals surface area contributed by atoms with Crippen LogP contribution in [0.3, 0.4) is 0 Å². The Morgan fingerprint density at radius 3 is 2.04 bits per heavy atom. The summed E-state index contributed by atoms with van der Waals surface area (Å²) >= 11 is 0. The third-order valence-corrected chi connectivity index (χ3v) is 4.70. The highest BCUT2D eigenvalue weighted by atomic mass is 19.3. The second-order valence-electron chi connectivity index (χ2n) is 6.63. The van der Waals surface area contributed by atoms with Gasteiger partial charge in [0.25, 0.3) is 0 Å². The van der Waals surface area contributed by atoms with Gasteiger partial charge in [-0.1, -0.05) is 37.0 Å². The normalized spacial score (nSPS) is 16.0. The van der Waals surface area contributed by atoms with Crippen molar-refractivity contribution in [3.63, 3.8) is 0 Å². The fraction of sp³-hybridized carbons (Fsp3) is 0.400. The minimum absolute atomic E-state index is 0.0263. The zero-order valence-corrected chi connectivity index (χ0v) is 14.0. The molecule has 25 heavy (non-hydrogen) atoms. The summed E-state index contributed by atoms with van der Waals surface area (Å²) in [6, 6.07) is 7.92. The second-order valence-corrected chi connectivity index (χ2v) is 6.63. The molecule has 0 saturated heterocycles. The first-order valence-electron chi connectivity index (χ1n) is 8.50. The van der Waals surface area contributed by atoms with E-state index in [1.54, 1.807) is 19.1 Å². The zero-order chi connectivity index (χ0) is 18.0. The summed E-state index contributed by atoms with van der Waals surface area (Å²) in [5.41, 5.74) is -0.0258. The molecule has 0 heterocycles. The quantitative estimate of drug-likeness (QED) is 0.575. The first-order valence-corrected chi connectivity index (χ1v) is 8.50. The second kappa shape index (κ2) is 7.06. The van der Waals surface area contributed by atoms with Gasteiger partial charge in [0, 0.05) is 0 Å². The Morgan fingerprint density at radius 1 is 0.920 bits per heavy atom. The maximum absolute atomic E-state index is 14.3. The van der Waals surface area contributed by atoms with Crippen LogP contribution in [0, 0.1) is 18.6 Å². The van der Waals surface area contributed by atoms with Crippen molar-refractivity contribution < 1.29 is 22.3 Å². The Hall–Kier alpha value is -2.04. The third kappa shape index (κ3) is 3.97. The molecule has 0 N–H and O–H groups in total. The minimum atomic E-state index is -4.09. The summed E-state index contributed by atoms with van der Waals surface area (Å²) in [5.74, 6) is -2.65. The van der Waals surface area contributed by atoms with E-state index in [1.807, 2.05) is 0 Å². The first-order chi connectivity index (χ1) is 11.9. The Labute approximate surface area is 144 Å². The highest BCUT2D eigenvalue weighted by molar-refractivity contribution is 5.33. The molecular formula is C20H20F4O. The van der Waals surface area contributed by atoms with Crippen LogP contribution >= 0.6 is 0 Å². The Morgan fingerprint density at radius 2 is 1.48 bits per heavy atom. The lowest BCUT2D eigenvalue weighted by atomic mass is 9.83. The number of aryl methyl sites for hydroxylation is 1. The van der Waals surface area contributed by atoms with E-state index in [9.17, 15) is 17.6 Å². The van der Waals surface area contributed by atoms with Gasteiger partial charge in [0.05, 0.1) is 0 Å². The average molecular weight is 352 g/mol. The van der Waals surface area contributed by atoms with E-state index in [0.29, 0.717) is 5.56 Å². The summed E-state index contributed by atoms with van der Waals surface area (Å²) in [7, 11) is 0. The number of benzene rings is 2. The standard InChI is InChI=1S/C20H20F4O/c1-13-7-9-16(10-8-13)25-20(23,24)19-17(21)11-15(12-18(19)22)14-5-3-2-4-6-14/h7-12,14H,2-6H2,1H3. The van der Waals surface area contributed by atoms with Crippen molar-refractivity contribution in [3.8, 4) is 5.75 Å². The Bertz CT molecular complexity index is 711. The molecule has 134 valence electrons. The molecule has 1 aliphatic carbocycles. The molecule has 2 aromatic rings. The summed E-state index contributed by atoms with van der Waals surface area (Å²) in [4.78, 5) is 0. The maximum atomic E-state index is 14.3. The van der Waals surface area contributed by atoms with Gasteiger partial charge >= 0.3 is 6.11 Å². The summed E-state index contributed by atoms with van der Waals surface area (Å²) in [6.45, 7) is 1.80. The van der Waals surface area contributed by atoms with Crippen LogP contribution in [0.4, 0.5) is 17.6 Å². The van der Waals surface area contributed by atoms with Gasteiger partial charge < -0.3 is 4.74 Å². The molecule has 0 radical (unpaired) electrons. The summed E-state index contributed by atoms with van der Waals surface area (Å²) in [5, 5.41) is 0. The fourth-order valence-electron chi connectivity index (χ4n) is 3.35. The van der Waals surface area contributed by atoms with Crippen molar-refractivity contribution >= 4 is 0 Å². The lowest BCUT2D eigenvalue weighted by Gasteiger charge is -2.24. The highest BCUT2D eigenvalue weighted by Crippen LogP contribution is 2.38. The number of ether oxygens (including phenoxy) is 1.